The number of nitrogens with zero attached hydrogens (tertiary/aromatic N) is 1. The third kappa shape index (κ3) is 3.28. The summed E-state index contributed by atoms with van der Waals surface area (Å²) in [6, 6.07) is 16.1. The van der Waals surface area contributed by atoms with E-state index in [0.29, 0.717) is 0 Å². The summed E-state index contributed by atoms with van der Waals surface area (Å²) in [4.78, 5) is 4.72. The van der Waals surface area contributed by atoms with Crippen LogP contribution in [0.5, 0.6) is 11.5 Å². The zero-order valence-corrected chi connectivity index (χ0v) is 13.4. The molecule has 1 heterocycles. The van der Waals surface area contributed by atoms with Gasteiger partial charge in [0.2, 0.25) is 0 Å². The van der Waals surface area contributed by atoms with E-state index in [0.717, 1.165) is 34.2 Å². The number of aromatic nitrogens is 1. The molecule has 1 aromatic heterocycles. The van der Waals surface area contributed by atoms with Crippen LogP contribution in [0.15, 0.2) is 53.9 Å². The Morgan fingerprint density at radius 3 is 2.05 bits per heavy atom. The van der Waals surface area contributed by atoms with E-state index in [2.05, 4.69) is 17.5 Å². The third-order valence-corrected chi connectivity index (χ3v) is 4.30. The van der Waals surface area contributed by atoms with E-state index in [4.69, 9.17) is 14.5 Å². The lowest BCUT2D eigenvalue weighted by Crippen LogP contribution is -1.89. The topological polar surface area (TPSA) is 31.4 Å². The van der Waals surface area contributed by atoms with Crippen LogP contribution in [0, 0.1) is 0 Å². The summed E-state index contributed by atoms with van der Waals surface area (Å²) < 4.78 is 10.4. The molecule has 0 saturated carbocycles. The molecule has 0 saturated heterocycles. The van der Waals surface area contributed by atoms with Crippen molar-refractivity contribution in [3.05, 3.63) is 64.5 Å². The third-order valence-electron chi connectivity index (χ3n) is 3.45. The Morgan fingerprint density at radius 1 is 0.864 bits per heavy atom. The van der Waals surface area contributed by atoms with Gasteiger partial charge in [-0.3, -0.25) is 0 Å². The van der Waals surface area contributed by atoms with Crippen LogP contribution in [-0.2, 0) is 6.42 Å². The second-order valence-corrected chi connectivity index (χ2v) is 5.82. The molecule has 0 bridgehead atoms. The quantitative estimate of drug-likeness (QED) is 0.699. The minimum Gasteiger partial charge on any atom is -0.497 e. The van der Waals surface area contributed by atoms with Crippen LogP contribution in [0.2, 0.25) is 0 Å². The average Bonchev–Trinajstić information content (AvgIpc) is 3.04. The smallest absolute Gasteiger partial charge is 0.118 e. The summed E-state index contributed by atoms with van der Waals surface area (Å²) in [7, 11) is 3.35. The molecule has 0 aliphatic heterocycles. The molecule has 3 nitrogen and oxygen atoms in total. The van der Waals surface area contributed by atoms with Crippen LogP contribution in [0.1, 0.15) is 10.6 Å². The van der Waals surface area contributed by atoms with E-state index in [1.165, 1.54) is 5.56 Å². The van der Waals surface area contributed by atoms with Gasteiger partial charge in [-0.15, -0.1) is 11.3 Å². The van der Waals surface area contributed by atoms with Gasteiger partial charge < -0.3 is 9.47 Å². The fourth-order valence-corrected chi connectivity index (χ4v) is 3.04. The molecule has 22 heavy (non-hydrogen) atoms. The van der Waals surface area contributed by atoms with Gasteiger partial charge in [0.15, 0.2) is 0 Å². The number of rotatable bonds is 5. The highest BCUT2D eigenvalue weighted by Crippen LogP contribution is 2.25. The van der Waals surface area contributed by atoms with Crippen LogP contribution < -0.4 is 9.47 Å². The van der Waals surface area contributed by atoms with Gasteiger partial charge >= 0.3 is 0 Å². The summed E-state index contributed by atoms with van der Waals surface area (Å²) in [5.74, 6) is 1.74. The van der Waals surface area contributed by atoms with Crippen molar-refractivity contribution in [3.63, 3.8) is 0 Å². The Morgan fingerprint density at radius 2 is 1.45 bits per heavy atom. The van der Waals surface area contributed by atoms with Gasteiger partial charge in [-0.1, -0.05) is 12.1 Å². The van der Waals surface area contributed by atoms with Gasteiger partial charge in [-0.05, 0) is 42.0 Å². The standard InChI is InChI=1S/C18H17NO2S/c1-20-15-7-3-13(4-8-15)11-18-19-17(12-22-18)14-5-9-16(21-2)10-6-14/h3-10,12H,11H2,1-2H3. The van der Waals surface area contributed by atoms with Gasteiger partial charge in [-0.25, -0.2) is 4.98 Å². The second-order valence-electron chi connectivity index (χ2n) is 4.88. The van der Waals surface area contributed by atoms with Crippen molar-refractivity contribution >= 4 is 11.3 Å². The highest BCUT2D eigenvalue weighted by atomic mass is 32.1. The molecule has 3 rings (SSSR count). The number of hydrogen-bond acceptors (Lipinski definition) is 4. The molecule has 0 aliphatic rings. The van der Waals surface area contributed by atoms with E-state index >= 15 is 0 Å². The molecular formula is C18H17NO2S. The molecule has 2 aromatic carbocycles. The number of hydrogen-bond donors (Lipinski definition) is 0. The summed E-state index contributed by atoms with van der Waals surface area (Å²) >= 11 is 1.69. The van der Waals surface area contributed by atoms with Crippen molar-refractivity contribution in [2.45, 2.75) is 6.42 Å². The molecule has 3 aromatic rings. The first-order valence-electron chi connectivity index (χ1n) is 7.00. The lowest BCUT2D eigenvalue weighted by Gasteiger charge is -2.02. The molecule has 0 atom stereocenters. The summed E-state index contributed by atoms with van der Waals surface area (Å²) in [6.45, 7) is 0. The minimum absolute atomic E-state index is 0.838. The monoisotopic (exact) mass is 311 g/mol. The highest BCUT2D eigenvalue weighted by molar-refractivity contribution is 7.10. The maximum atomic E-state index is 5.18. The molecule has 0 fully saturated rings. The Kier molecular flexibility index (Phi) is 4.39. The summed E-state index contributed by atoms with van der Waals surface area (Å²) in [5, 5.41) is 3.21. The maximum Gasteiger partial charge on any atom is 0.118 e. The van der Waals surface area contributed by atoms with Crippen LogP contribution in [0.4, 0.5) is 0 Å². The molecule has 0 aliphatic carbocycles. The SMILES string of the molecule is COc1ccc(Cc2nc(-c3ccc(OC)cc3)cs2)cc1. The van der Waals surface area contributed by atoms with Crippen LogP contribution in [0.25, 0.3) is 11.3 Å². The fourth-order valence-electron chi connectivity index (χ4n) is 2.20. The molecule has 0 unspecified atom stereocenters. The van der Waals surface area contributed by atoms with E-state index in [1.54, 1.807) is 25.6 Å². The number of methoxy groups -OCH3 is 2. The number of thiazole rings is 1. The van der Waals surface area contributed by atoms with Gasteiger partial charge in [0, 0.05) is 17.4 Å². The average molecular weight is 311 g/mol. The Bertz CT molecular complexity index is 733. The molecule has 4 heteroatoms. The fraction of sp³-hybridized carbons (Fsp3) is 0.167. The molecule has 112 valence electrons. The van der Waals surface area contributed by atoms with Crippen molar-refractivity contribution in [1.82, 2.24) is 4.98 Å². The van der Waals surface area contributed by atoms with Crippen molar-refractivity contribution in [2.75, 3.05) is 14.2 Å². The van der Waals surface area contributed by atoms with E-state index in [-0.39, 0.29) is 0 Å². The second kappa shape index (κ2) is 6.62. The predicted molar refractivity (Wildman–Crippen MR) is 89.9 cm³/mol. The van der Waals surface area contributed by atoms with Crippen molar-refractivity contribution in [3.8, 4) is 22.8 Å². The summed E-state index contributed by atoms with van der Waals surface area (Å²) in [6.07, 6.45) is 0.838. The van der Waals surface area contributed by atoms with Crippen molar-refractivity contribution < 1.29 is 9.47 Å². The van der Waals surface area contributed by atoms with E-state index in [1.807, 2.05) is 36.4 Å². The van der Waals surface area contributed by atoms with Crippen LogP contribution >= 0.6 is 11.3 Å². The number of ether oxygens (including phenoxy) is 2. The number of benzene rings is 2. The largest absolute Gasteiger partial charge is 0.497 e. The van der Waals surface area contributed by atoms with Crippen LogP contribution in [0.3, 0.4) is 0 Å². The first-order chi connectivity index (χ1) is 10.8. The highest BCUT2D eigenvalue weighted by Gasteiger charge is 2.06. The van der Waals surface area contributed by atoms with Gasteiger partial charge in [0.05, 0.1) is 24.9 Å². The van der Waals surface area contributed by atoms with Crippen molar-refractivity contribution in [1.29, 1.82) is 0 Å². The maximum absolute atomic E-state index is 5.18. The van der Waals surface area contributed by atoms with Gasteiger partial charge in [-0.2, -0.15) is 0 Å². The zero-order chi connectivity index (χ0) is 15.4. The Balaban J connectivity index is 1.74. The lowest BCUT2D eigenvalue weighted by molar-refractivity contribution is 0.414. The lowest BCUT2D eigenvalue weighted by atomic mass is 10.1. The molecule has 0 N–H and O–H groups in total. The Labute approximate surface area is 134 Å². The van der Waals surface area contributed by atoms with Gasteiger partial charge in [0.25, 0.3) is 0 Å². The minimum atomic E-state index is 0.838. The Hall–Kier alpha value is -2.33. The predicted octanol–water partition coefficient (Wildman–Crippen LogP) is 4.42. The van der Waals surface area contributed by atoms with Crippen LogP contribution in [-0.4, -0.2) is 19.2 Å². The first kappa shape index (κ1) is 14.6. The molecule has 0 spiro atoms. The van der Waals surface area contributed by atoms with Crippen molar-refractivity contribution in [2.24, 2.45) is 0 Å². The van der Waals surface area contributed by atoms with Gasteiger partial charge in [0.1, 0.15) is 11.5 Å². The summed E-state index contributed by atoms with van der Waals surface area (Å²) in [5.41, 5.74) is 3.35. The normalized spacial score (nSPS) is 10.5. The first-order valence-corrected chi connectivity index (χ1v) is 7.88. The molecule has 0 amide bonds. The van der Waals surface area contributed by atoms with E-state index < -0.39 is 0 Å². The molecule has 0 radical (unpaired) electrons. The molecular weight excluding hydrogens is 294 g/mol. The van der Waals surface area contributed by atoms with E-state index in [9.17, 15) is 0 Å². The zero-order valence-electron chi connectivity index (χ0n) is 12.6.